The van der Waals surface area contributed by atoms with Gasteiger partial charge in [0.1, 0.15) is 6.04 Å². The van der Waals surface area contributed by atoms with Gasteiger partial charge >= 0.3 is 5.97 Å². The lowest BCUT2D eigenvalue weighted by Gasteiger charge is -2.21. The van der Waals surface area contributed by atoms with Crippen molar-refractivity contribution in [3.05, 3.63) is 23.5 Å². The Morgan fingerprint density at radius 2 is 2.33 bits per heavy atom. The molecule has 0 bridgehead atoms. The van der Waals surface area contributed by atoms with Gasteiger partial charge in [-0.2, -0.15) is 0 Å². The van der Waals surface area contributed by atoms with Crippen LogP contribution >= 0.6 is 0 Å². The van der Waals surface area contributed by atoms with Gasteiger partial charge in [0, 0.05) is 12.7 Å². The van der Waals surface area contributed by atoms with Gasteiger partial charge in [0.15, 0.2) is 0 Å². The lowest BCUT2D eigenvalue weighted by atomic mass is 10.1. The molecule has 7 heteroatoms. The quantitative estimate of drug-likeness (QED) is 0.919. The van der Waals surface area contributed by atoms with Crippen molar-refractivity contribution in [3.8, 4) is 0 Å². The number of aryl methyl sites for hydroxylation is 1. The molecular formula is C14H15N3O4. The molecule has 1 amide bonds. The summed E-state index contributed by atoms with van der Waals surface area (Å²) in [5.74, 6) is -1.27. The number of carbonyl (C=O) groups excluding carboxylic acids is 1. The van der Waals surface area contributed by atoms with Crippen molar-refractivity contribution in [1.82, 2.24) is 15.0 Å². The van der Waals surface area contributed by atoms with Crippen molar-refractivity contribution in [2.75, 3.05) is 6.54 Å². The zero-order chi connectivity index (χ0) is 15.0. The van der Waals surface area contributed by atoms with Gasteiger partial charge in [-0.15, -0.1) is 0 Å². The molecule has 0 saturated carbocycles. The maximum absolute atomic E-state index is 12.5. The van der Waals surface area contributed by atoms with Crippen LogP contribution in [-0.4, -0.2) is 44.6 Å². The molecule has 1 aliphatic heterocycles. The summed E-state index contributed by atoms with van der Waals surface area (Å²) in [5, 5.41) is 13.8. The largest absolute Gasteiger partial charge is 0.480 e. The van der Waals surface area contributed by atoms with E-state index in [1.165, 1.54) is 11.1 Å². The molecule has 0 aliphatic carbocycles. The van der Waals surface area contributed by atoms with E-state index in [9.17, 15) is 9.59 Å². The molecule has 3 rings (SSSR count). The highest BCUT2D eigenvalue weighted by molar-refractivity contribution is 5.99. The van der Waals surface area contributed by atoms with Crippen molar-refractivity contribution in [2.45, 2.75) is 32.2 Å². The average Bonchev–Trinajstić information content (AvgIpc) is 3.12. The first-order chi connectivity index (χ1) is 10.1. The van der Waals surface area contributed by atoms with Crippen molar-refractivity contribution >= 4 is 23.0 Å². The number of rotatable bonds is 3. The first-order valence-corrected chi connectivity index (χ1v) is 6.90. The van der Waals surface area contributed by atoms with Gasteiger partial charge in [0.2, 0.25) is 0 Å². The highest BCUT2D eigenvalue weighted by atomic mass is 16.5. The minimum absolute atomic E-state index is 0.308. The van der Waals surface area contributed by atoms with E-state index in [4.69, 9.17) is 9.63 Å². The number of aliphatic carboxylic acids is 1. The van der Waals surface area contributed by atoms with Crippen LogP contribution in [0.15, 0.2) is 16.8 Å². The number of hydrogen-bond acceptors (Lipinski definition) is 5. The fourth-order valence-electron chi connectivity index (χ4n) is 2.68. The third kappa shape index (κ3) is 2.24. The normalized spacial score (nSPS) is 18.3. The zero-order valence-electron chi connectivity index (χ0n) is 11.6. The van der Waals surface area contributed by atoms with Crippen LogP contribution in [0.3, 0.4) is 0 Å². The number of carbonyl (C=O) groups is 2. The van der Waals surface area contributed by atoms with Gasteiger partial charge in [-0.25, -0.2) is 9.78 Å². The van der Waals surface area contributed by atoms with Gasteiger partial charge in [0.25, 0.3) is 11.6 Å². The first kappa shape index (κ1) is 13.5. The molecule has 1 N–H and O–H groups in total. The molecule has 2 aromatic rings. The summed E-state index contributed by atoms with van der Waals surface area (Å²) in [7, 11) is 0. The molecule has 0 unspecified atom stereocenters. The fourth-order valence-corrected chi connectivity index (χ4v) is 2.68. The third-order valence-electron chi connectivity index (χ3n) is 3.78. The minimum atomic E-state index is -0.964. The van der Waals surface area contributed by atoms with Crippen molar-refractivity contribution in [2.24, 2.45) is 0 Å². The SMILES string of the molecule is CCc1noc2ncc(C(=O)N3CCC[C@H]3C(=O)O)cc12. The van der Waals surface area contributed by atoms with Crippen LogP contribution in [0.1, 0.15) is 35.8 Å². The number of aromatic nitrogens is 2. The molecule has 2 aromatic heterocycles. The first-order valence-electron chi connectivity index (χ1n) is 6.90. The van der Waals surface area contributed by atoms with E-state index in [2.05, 4.69) is 10.1 Å². The number of carboxylic acid groups (broad SMARTS) is 1. The summed E-state index contributed by atoms with van der Waals surface area (Å²) in [6.07, 6.45) is 3.27. The summed E-state index contributed by atoms with van der Waals surface area (Å²) in [6.45, 7) is 2.39. The zero-order valence-corrected chi connectivity index (χ0v) is 11.6. The Labute approximate surface area is 120 Å². The number of carboxylic acids is 1. The highest BCUT2D eigenvalue weighted by Gasteiger charge is 2.34. The van der Waals surface area contributed by atoms with E-state index < -0.39 is 12.0 Å². The van der Waals surface area contributed by atoms with Crippen molar-refractivity contribution in [3.63, 3.8) is 0 Å². The lowest BCUT2D eigenvalue weighted by Crippen LogP contribution is -2.40. The number of pyridine rings is 1. The maximum Gasteiger partial charge on any atom is 0.326 e. The van der Waals surface area contributed by atoms with Crippen LogP contribution in [0.2, 0.25) is 0 Å². The van der Waals surface area contributed by atoms with E-state index in [-0.39, 0.29) is 5.91 Å². The van der Waals surface area contributed by atoms with Gasteiger partial charge in [0.05, 0.1) is 16.6 Å². The number of hydrogen-bond donors (Lipinski definition) is 1. The van der Waals surface area contributed by atoms with Gasteiger partial charge in [-0.05, 0) is 25.3 Å². The summed E-state index contributed by atoms with van der Waals surface area (Å²) >= 11 is 0. The Kier molecular flexibility index (Phi) is 3.32. The van der Waals surface area contributed by atoms with Crippen LogP contribution < -0.4 is 0 Å². The standard InChI is InChI=1S/C14H15N3O4/c1-2-10-9-6-8(7-15-12(9)21-16-10)13(18)17-5-3-4-11(17)14(19)20/h6-7,11H,2-5H2,1H3,(H,19,20)/t11-/m0/s1. The summed E-state index contributed by atoms with van der Waals surface area (Å²) in [6, 6.07) is 0.929. The van der Waals surface area contributed by atoms with E-state index in [1.54, 1.807) is 6.07 Å². The molecular weight excluding hydrogens is 274 g/mol. The smallest absolute Gasteiger partial charge is 0.326 e. The fraction of sp³-hybridized carbons (Fsp3) is 0.429. The monoisotopic (exact) mass is 289 g/mol. The number of likely N-dealkylation sites (tertiary alicyclic amines) is 1. The van der Waals surface area contributed by atoms with Crippen molar-refractivity contribution < 1.29 is 19.2 Å². The second-order valence-electron chi connectivity index (χ2n) is 5.05. The molecule has 1 saturated heterocycles. The van der Waals surface area contributed by atoms with Crippen LogP contribution in [0.25, 0.3) is 11.1 Å². The minimum Gasteiger partial charge on any atom is -0.480 e. The summed E-state index contributed by atoms with van der Waals surface area (Å²) < 4.78 is 5.08. The van der Waals surface area contributed by atoms with Crippen LogP contribution in [0, 0.1) is 0 Å². The molecule has 1 fully saturated rings. The topological polar surface area (TPSA) is 96.5 Å². The molecule has 110 valence electrons. The van der Waals surface area contributed by atoms with Crippen LogP contribution in [-0.2, 0) is 11.2 Å². The third-order valence-corrected chi connectivity index (χ3v) is 3.78. The Morgan fingerprint density at radius 1 is 1.52 bits per heavy atom. The number of amides is 1. The average molecular weight is 289 g/mol. The Morgan fingerprint density at radius 3 is 3.05 bits per heavy atom. The van der Waals surface area contributed by atoms with E-state index in [1.807, 2.05) is 6.92 Å². The Balaban J connectivity index is 1.96. The lowest BCUT2D eigenvalue weighted by molar-refractivity contribution is -0.141. The Hall–Kier alpha value is -2.44. The summed E-state index contributed by atoms with van der Waals surface area (Å²) in [5.41, 5.74) is 1.50. The predicted octanol–water partition coefficient (Wildman–Crippen LogP) is 1.47. The van der Waals surface area contributed by atoms with E-state index >= 15 is 0 Å². The predicted molar refractivity (Wildman–Crippen MR) is 72.9 cm³/mol. The molecule has 1 aliphatic rings. The molecule has 1 atom stereocenters. The highest BCUT2D eigenvalue weighted by Crippen LogP contribution is 2.23. The van der Waals surface area contributed by atoms with Crippen molar-refractivity contribution in [1.29, 1.82) is 0 Å². The molecule has 21 heavy (non-hydrogen) atoms. The second kappa shape index (κ2) is 5.16. The Bertz CT molecular complexity index is 709. The van der Waals surface area contributed by atoms with E-state index in [0.717, 1.165) is 5.69 Å². The van der Waals surface area contributed by atoms with E-state index in [0.29, 0.717) is 42.5 Å². The second-order valence-corrected chi connectivity index (χ2v) is 5.05. The molecule has 0 radical (unpaired) electrons. The number of fused-ring (bicyclic) bond motifs is 1. The molecule has 0 aromatic carbocycles. The molecule has 7 nitrogen and oxygen atoms in total. The molecule has 0 spiro atoms. The summed E-state index contributed by atoms with van der Waals surface area (Å²) in [4.78, 5) is 29.2. The maximum atomic E-state index is 12.5. The van der Waals surface area contributed by atoms with Crippen LogP contribution in [0.5, 0.6) is 0 Å². The molecule has 3 heterocycles. The van der Waals surface area contributed by atoms with Gasteiger partial charge in [-0.3, -0.25) is 4.79 Å². The van der Waals surface area contributed by atoms with Crippen LogP contribution in [0.4, 0.5) is 0 Å². The van der Waals surface area contributed by atoms with Gasteiger partial charge in [-0.1, -0.05) is 12.1 Å². The number of nitrogens with zero attached hydrogens (tertiary/aromatic N) is 3. The van der Waals surface area contributed by atoms with Gasteiger partial charge < -0.3 is 14.5 Å².